The standard InChI is InChI=1S/C20H20N6O2/c1-4-27-15-8-6-14(7-9-15)19-22-20(28-24-19)17-18(21)26(25-23-17)16-10-5-12(2)11-13(16)3/h5-11H,4,21H2,1-3H3. The SMILES string of the molecule is CCOc1ccc(-c2noc(-c3nnn(-c4ccc(C)cc4C)c3N)n2)cc1. The molecule has 0 aliphatic carbocycles. The molecular weight excluding hydrogens is 356 g/mol. The number of nitrogen functional groups attached to an aromatic ring is 1. The fraction of sp³-hybridized carbons (Fsp3) is 0.200. The highest BCUT2D eigenvalue weighted by molar-refractivity contribution is 5.67. The number of nitrogens with two attached hydrogens (primary N) is 1. The third-order valence-corrected chi connectivity index (χ3v) is 4.34. The van der Waals surface area contributed by atoms with E-state index in [1.165, 1.54) is 0 Å². The van der Waals surface area contributed by atoms with Crippen LogP contribution in [0, 0.1) is 13.8 Å². The molecule has 0 aliphatic heterocycles. The van der Waals surface area contributed by atoms with Crippen LogP contribution in [0.1, 0.15) is 18.1 Å². The van der Waals surface area contributed by atoms with E-state index in [0.29, 0.717) is 23.9 Å². The Morgan fingerprint density at radius 3 is 2.61 bits per heavy atom. The Morgan fingerprint density at radius 2 is 1.89 bits per heavy atom. The van der Waals surface area contributed by atoms with Crippen LogP contribution in [0.2, 0.25) is 0 Å². The van der Waals surface area contributed by atoms with Gasteiger partial charge in [-0.3, -0.25) is 0 Å². The molecule has 0 radical (unpaired) electrons. The molecule has 0 spiro atoms. The minimum Gasteiger partial charge on any atom is -0.494 e. The summed E-state index contributed by atoms with van der Waals surface area (Å²) < 4.78 is 12.4. The zero-order valence-electron chi connectivity index (χ0n) is 15.9. The monoisotopic (exact) mass is 376 g/mol. The van der Waals surface area contributed by atoms with E-state index in [4.69, 9.17) is 15.0 Å². The Kier molecular flexibility index (Phi) is 4.52. The number of aromatic nitrogens is 5. The number of ether oxygens (including phenoxy) is 1. The molecule has 28 heavy (non-hydrogen) atoms. The van der Waals surface area contributed by atoms with Crippen LogP contribution in [0.15, 0.2) is 47.0 Å². The van der Waals surface area contributed by atoms with Gasteiger partial charge in [-0.25, -0.2) is 0 Å². The normalized spacial score (nSPS) is 11.0. The van der Waals surface area contributed by atoms with Crippen LogP contribution < -0.4 is 10.5 Å². The molecule has 0 fully saturated rings. The molecule has 0 aliphatic rings. The van der Waals surface area contributed by atoms with Crippen LogP contribution in [0.25, 0.3) is 28.7 Å². The van der Waals surface area contributed by atoms with Crippen molar-refractivity contribution >= 4 is 5.82 Å². The largest absolute Gasteiger partial charge is 0.494 e. The van der Waals surface area contributed by atoms with Crippen LogP contribution in [-0.4, -0.2) is 31.7 Å². The minimum absolute atomic E-state index is 0.220. The Bertz CT molecular complexity index is 1110. The van der Waals surface area contributed by atoms with Crippen molar-refractivity contribution in [3.05, 3.63) is 53.6 Å². The molecule has 0 saturated carbocycles. The van der Waals surface area contributed by atoms with Crippen LogP contribution in [-0.2, 0) is 0 Å². The highest BCUT2D eigenvalue weighted by atomic mass is 16.5. The van der Waals surface area contributed by atoms with Gasteiger partial charge in [-0.1, -0.05) is 28.1 Å². The van der Waals surface area contributed by atoms with Crippen molar-refractivity contribution in [2.75, 3.05) is 12.3 Å². The second-order valence-electron chi connectivity index (χ2n) is 6.41. The molecule has 4 rings (SSSR count). The predicted molar refractivity (Wildman–Crippen MR) is 105 cm³/mol. The second-order valence-corrected chi connectivity index (χ2v) is 6.41. The highest BCUT2D eigenvalue weighted by Gasteiger charge is 2.20. The summed E-state index contributed by atoms with van der Waals surface area (Å²) in [6.07, 6.45) is 0. The Labute approximate surface area is 161 Å². The first-order valence-electron chi connectivity index (χ1n) is 8.93. The molecule has 0 bridgehead atoms. The van der Waals surface area contributed by atoms with E-state index in [-0.39, 0.29) is 5.89 Å². The molecule has 2 heterocycles. The van der Waals surface area contributed by atoms with Gasteiger partial charge in [0.25, 0.3) is 5.89 Å². The first-order chi connectivity index (χ1) is 13.6. The molecule has 2 aromatic carbocycles. The van der Waals surface area contributed by atoms with E-state index >= 15 is 0 Å². The molecule has 2 N–H and O–H groups in total. The van der Waals surface area contributed by atoms with E-state index < -0.39 is 0 Å². The smallest absolute Gasteiger partial charge is 0.282 e. The summed E-state index contributed by atoms with van der Waals surface area (Å²) in [5.74, 6) is 1.79. The van der Waals surface area contributed by atoms with Gasteiger partial charge in [0.2, 0.25) is 5.82 Å². The van der Waals surface area contributed by atoms with Gasteiger partial charge in [0, 0.05) is 5.56 Å². The Morgan fingerprint density at radius 1 is 1.11 bits per heavy atom. The van der Waals surface area contributed by atoms with Gasteiger partial charge in [0.05, 0.1) is 12.3 Å². The summed E-state index contributed by atoms with van der Waals surface area (Å²) in [5.41, 5.74) is 10.5. The minimum atomic E-state index is 0.220. The first-order valence-corrected chi connectivity index (χ1v) is 8.93. The highest BCUT2D eigenvalue weighted by Crippen LogP contribution is 2.28. The van der Waals surface area contributed by atoms with E-state index in [1.807, 2.05) is 57.2 Å². The molecule has 8 heteroatoms. The predicted octanol–water partition coefficient (Wildman–Crippen LogP) is 3.58. The lowest BCUT2D eigenvalue weighted by Gasteiger charge is -2.07. The molecular formula is C20H20N6O2. The molecule has 0 unspecified atom stereocenters. The van der Waals surface area contributed by atoms with Gasteiger partial charge < -0.3 is 15.0 Å². The summed E-state index contributed by atoms with van der Waals surface area (Å²) in [4.78, 5) is 4.42. The zero-order valence-corrected chi connectivity index (χ0v) is 15.9. The van der Waals surface area contributed by atoms with Gasteiger partial charge in [-0.05, 0) is 56.7 Å². The Hall–Kier alpha value is -3.68. The van der Waals surface area contributed by atoms with E-state index in [9.17, 15) is 0 Å². The first kappa shape index (κ1) is 17.7. The van der Waals surface area contributed by atoms with E-state index in [0.717, 1.165) is 28.1 Å². The number of rotatable bonds is 5. The molecule has 8 nitrogen and oxygen atoms in total. The number of anilines is 1. The maximum Gasteiger partial charge on any atom is 0.282 e. The van der Waals surface area contributed by atoms with Crippen molar-refractivity contribution < 1.29 is 9.26 Å². The van der Waals surface area contributed by atoms with Gasteiger partial charge in [-0.2, -0.15) is 9.67 Å². The van der Waals surface area contributed by atoms with Gasteiger partial charge in [0.1, 0.15) is 5.75 Å². The van der Waals surface area contributed by atoms with Crippen molar-refractivity contribution in [1.82, 2.24) is 25.1 Å². The summed E-state index contributed by atoms with van der Waals surface area (Å²) in [6, 6.07) is 13.5. The van der Waals surface area contributed by atoms with Crippen molar-refractivity contribution in [3.63, 3.8) is 0 Å². The number of nitrogens with zero attached hydrogens (tertiary/aromatic N) is 5. The lowest BCUT2D eigenvalue weighted by molar-refractivity contribution is 0.340. The molecule has 4 aromatic rings. The third kappa shape index (κ3) is 3.20. The van der Waals surface area contributed by atoms with E-state index in [2.05, 4.69) is 26.5 Å². The summed E-state index contributed by atoms with van der Waals surface area (Å²) in [5, 5.41) is 12.3. The van der Waals surface area contributed by atoms with Crippen molar-refractivity contribution in [2.45, 2.75) is 20.8 Å². The lowest BCUT2D eigenvalue weighted by Crippen LogP contribution is -2.04. The maximum absolute atomic E-state index is 6.27. The topological polar surface area (TPSA) is 105 Å². The van der Waals surface area contributed by atoms with Crippen LogP contribution in [0.4, 0.5) is 5.82 Å². The summed E-state index contributed by atoms with van der Waals surface area (Å²) in [7, 11) is 0. The molecule has 0 amide bonds. The third-order valence-electron chi connectivity index (χ3n) is 4.34. The number of hydrogen-bond donors (Lipinski definition) is 1. The summed E-state index contributed by atoms with van der Waals surface area (Å²) >= 11 is 0. The molecule has 0 saturated heterocycles. The molecule has 2 aromatic heterocycles. The average Bonchev–Trinajstić information content (AvgIpc) is 3.30. The average molecular weight is 376 g/mol. The number of benzene rings is 2. The number of aryl methyl sites for hydroxylation is 2. The van der Waals surface area contributed by atoms with Crippen LogP contribution in [0.3, 0.4) is 0 Å². The van der Waals surface area contributed by atoms with Crippen LogP contribution >= 0.6 is 0 Å². The number of hydrogen-bond acceptors (Lipinski definition) is 7. The van der Waals surface area contributed by atoms with Gasteiger partial charge in [0.15, 0.2) is 11.5 Å². The van der Waals surface area contributed by atoms with Gasteiger partial charge >= 0.3 is 0 Å². The second kappa shape index (κ2) is 7.15. The van der Waals surface area contributed by atoms with Crippen LogP contribution in [0.5, 0.6) is 5.75 Å². The van der Waals surface area contributed by atoms with Crippen molar-refractivity contribution in [3.8, 4) is 34.4 Å². The zero-order chi connectivity index (χ0) is 19.7. The van der Waals surface area contributed by atoms with Gasteiger partial charge in [-0.15, -0.1) is 5.10 Å². The quantitative estimate of drug-likeness (QED) is 0.567. The molecule has 142 valence electrons. The van der Waals surface area contributed by atoms with Crippen molar-refractivity contribution in [1.29, 1.82) is 0 Å². The maximum atomic E-state index is 6.27. The fourth-order valence-corrected chi connectivity index (χ4v) is 2.97. The fourth-order valence-electron chi connectivity index (χ4n) is 2.97. The van der Waals surface area contributed by atoms with Crippen molar-refractivity contribution in [2.24, 2.45) is 0 Å². The lowest BCUT2D eigenvalue weighted by atomic mass is 10.1. The Balaban J connectivity index is 1.65. The summed E-state index contributed by atoms with van der Waals surface area (Å²) in [6.45, 7) is 6.59. The molecule has 0 atom stereocenters. The van der Waals surface area contributed by atoms with E-state index in [1.54, 1.807) is 4.68 Å².